The van der Waals surface area contributed by atoms with Crippen LogP contribution in [0.4, 0.5) is 0 Å². The van der Waals surface area contributed by atoms with Crippen LogP contribution in [-0.4, -0.2) is 20.6 Å². The van der Waals surface area contributed by atoms with Gasteiger partial charge < -0.3 is 5.11 Å². The van der Waals surface area contributed by atoms with Gasteiger partial charge in [0.25, 0.3) is 0 Å². The van der Waals surface area contributed by atoms with Crippen LogP contribution in [0.15, 0.2) is 0 Å². The third-order valence-electron chi connectivity index (χ3n) is 2.97. The first-order valence-electron chi connectivity index (χ1n) is 5.69. The highest BCUT2D eigenvalue weighted by Crippen LogP contribution is 2.47. The molecule has 3 heteroatoms. The summed E-state index contributed by atoms with van der Waals surface area (Å²) in [4.78, 5) is 11.4. The Morgan fingerprint density at radius 1 is 1.33 bits per heavy atom. The van der Waals surface area contributed by atoms with Gasteiger partial charge in [-0.1, -0.05) is 27.7 Å². The van der Waals surface area contributed by atoms with Crippen LogP contribution in [0.3, 0.4) is 0 Å². The van der Waals surface area contributed by atoms with Gasteiger partial charge in [0.15, 0.2) is 0 Å². The highest BCUT2D eigenvalue weighted by molar-refractivity contribution is 8.02. The summed E-state index contributed by atoms with van der Waals surface area (Å²) in [5, 5.41) is 9.42. The molecule has 0 aliphatic heterocycles. The fourth-order valence-electron chi connectivity index (χ4n) is 2.17. The molecule has 0 spiro atoms. The summed E-state index contributed by atoms with van der Waals surface area (Å²) in [7, 11) is 0. The van der Waals surface area contributed by atoms with Crippen LogP contribution >= 0.6 is 11.8 Å². The number of carboxylic acids is 1. The van der Waals surface area contributed by atoms with E-state index < -0.39 is 10.7 Å². The van der Waals surface area contributed by atoms with Crippen molar-refractivity contribution in [3.8, 4) is 0 Å². The second kappa shape index (κ2) is 4.36. The van der Waals surface area contributed by atoms with E-state index in [2.05, 4.69) is 27.7 Å². The molecule has 1 fully saturated rings. The third-order valence-corrected chi connectivity index (χ3v) is 4.56. The summed E-state index contributed by atoms with van der Waals surface area (Å²) in [6.07, 6.45) is 3.75. The van der Waals surface area contributed by atoms with E-state index in [0.29, 0.717) is 5.92 Å². The van der Waals surface area contributed by atoms with Crippen molar-refractivity contribution in [3.63, 3.8) is 0 Å². The van der Waals surface area contributed by atoms with Crippen LogP contribution in [0.25, 0.3) is 0 Å². The first-order chi connectivity index (χ1) is 6.75. The van der Waals surface area contributed by atoms with E-state index in [9.17, 15) is 9.90 Å². The Labute approximate surface area is 96.8 Å². The number of carbonyl (C=O) groups is 1. The van der Waals surface area contributed by atoms with Crippen molar-refractivity contribution in [2.45, 2.75) is 62.9 Å². The summed E-state index contributed by atoms with van der Waals surface area (Å²) in [6, 6.07) is 0. The van der Waals surface area contributed by atoms with Crippen molar-refractivity contribution in [1.82, 2.24) is 0 Å². The lowest BCUT2D eigenvalue weighted by Crippen LogP contribution is -2.41. The number of hydrogen-bond acceptors (Lipinski definition) is 2. The maximum absolute atomic E-state index is 11.4. The predicted octanol–water partition coefficient (Wildman–Crippen LogP) is 3.55. The maximum atomic E-state index is 11.4. The van der Waals surface area contributed by atoms with Crippen molar-refractivity contribution >= 4 is 17.7 Å². The number of rotatable bonds is 2. The van der Waals surface area contributed by atoms with Gasteiger partial charge in [0.05, 0.1) is 0 Å². The lowest BCUT2D eigenvalue weighted by molar-refractivity contribution is -0.141. The molecule has 0 atom stereocenters. The van der Waals surface area contributed by atoms with Crippen molar-refractivity contribution < 1.29 is 9.90 Å². The first-order valence-corrected chi connectivity index (χ1v) is 6.50. The van der Waals surface area contributed by atoms with Crippen molar-refractivity contribution in [2.75, 3.05) is 0 Å². The van der Waals surface area contributed by atoms with E-state index in [1.807, 2.05) is 0 Å². The fourth-order valence-corrected chi connectivity index (χ4v) is 3.87. The van der Waals surface area contributed by atoms with E-state index in [-0.39, 0.29) is 4.75 Å². The maximum Gasteiger partial charge on any atom is 0.319 e. The fraction of sp³-hybridized carbons (Fsp3) is 0.917. The van der Waals surface area contributed by atoms with Crippen LogP contribution in [0.2, 0.25) is 0 Å². The smallest absolute Gasteiger partial charge is 0.319 e. The Kier molecular flexibility index (Phi) is 3.75. The van der Waals surface area contributed by atoms with E-state index in [0.717, 1.165) is 25.7 Å². The average molecular weight is 230 g/mol. The number of hydrogen-bond donors (Lipinski definition) is 1. The zero-order chi connectivity index (χ0) is 11.7. The Balaban J connectivity index is 2.76. The molecule has 0 aromatic heterocycles. The second-order valence-corrected chi connectivity index (χ2v) is 7.91. The molecule has 2 nitrogen and oxygen atoms in total. The first kappa shape index (κ1) is 12.9. The van der Waals surface area contributed by atoms with E-state index in [1.165, 1.54) is 0 Å². The molecule has 0 radical (unpaired) electrons. The molecule has 0 aromatic rings. The molecule has 88 valence electrons. The van der Waals surface area contributed by atoms with Crippen LogP contribution in [0.5, 0.6) is 0 Å². The molecule has 0 heterocycles. The third kappa shape index (κ3) is 3.40. The van der Waals surface area contributed by atoms with Gasteiger partial charge in [0, 0.05) is 4.75 Å². The van der Waals surface area contributed by atoms with Gasteiger partial charge in [-0.2, -0.15) is 0 Å². The summed E-state index contributed by atoms with van der Waals surface area (Å²) < 4.78 is -0.496. The van der Waals surface area contributed by atoms with Gasteiger partial charge in [0.1, 0.15) is 4.75 Å². The summed E-state index contributed by atoms with van der Waals surface area (Å²) >= 11 is 1.64. The number of carboxylic acid groups (broad SMARTS) is 1. The van der Waals surface area contributed by atoms with Crippen LogP contribution < -0.4 is 0 Å². The summed E-state index contributed by atoms with van der Waals surface area (Å²) in [5.41, 5.74) is 0. The zero-order valence-electron chi connectivity index (χ0n) is 10.2. The Hall–Kier alpha value is -0.180. The molecule has 1 aliphatic carbocycles. The topological polar surface area (TPSA) is 37.3 Å². The SMILES string of the molecule is CC1CCC(SC(C)(C)C)(C(=O)O)CC1. The minimum atomic E-state index is -0.616. The summed E-state index contributed by atoms with van der Waals surface area (Å²) in [5.74, 6) is 0.0763. The predicted molar refractivity (Wildman–Crippen MR) is 65.3 cm³/mol. The monoisotopic (exact) mass is 230 g/mol. The molecular formula is C12H22O2S. The van der Waals surface area contributed by atoms with Crippen molar-refractivity contribution in [3.05, 3.63) is 0 Å². The lowest BCUT2D eigenvalue weighted by Gasteiger charge is -2.39. The van der Waals surface area contributed by atoms with Gasteiger partial charge in [-0.25, -0.2) is 0 Å². The van der Waals surface area contributed by atoms with Crippen LogP contribution in [0.1, 0.15) is 53.4 Å². The van der Waals surface area contributed by atoms with E-state index in [1.54, 1.807) is 11.8 Å². The largest absolute Gasteiger partial charge is 0.480 e. The number of aliphatic carboxylic acids is 1. The zero-order valence-corrected chi connectivity index (χ0v) is 11.0. The molecule has 1 saturated carbocycles. The lowest BCUT2D eigenvalue weighted by atomic mass is 9.82. The Morgan fingerprint density at radius 2 is 1.80 bits per heavy atom. The van der Waals surface area contributed by atoms with Crippen molar-refractivity contribution in [1.29, 1.82) is 0 Å². The van der Waals surface area contributed by atoms with E-state index in [4.69, 9.17) is 0 Å². The molecule has 1 aliphatic rings. The molecule has 15 heavy (non-hydrogen) atoms. The van der Waals surface area contributed by atoms with Gasteiger partial charge in [0.2, 0.25) is 0 Å². The Bertz CT molecular complexity index is 234. The summed E-state index contributed by atoms with van der Waals surface area (Å²) in [6.45, 7) is 8.51. The minimum absolute atomic E-state index is 0.0268. The highest BCUT2D eigenvalue weighted by atomic mass is 32.2. The molecule has 0 saturated heterocycles. The average Bonchev–Trinajstić information content (AvgIpc) is 2.06. The molecule has 1 rings (SSSR count). The van der Waals surface area contributed by atoms with Gasteiger partial charge in [-0.05, 0) is 31.6 Å². The molecule has 0 amide bonds. The van der Waals surface area contributed by atoms with Gasteiger partial charge in [-0.15, -0.1) is 11.8 Å². The molecule has 1 N–H and O–H groups in total. The van der Waals surface area contributed by atoms with Gasteiger partial charge >= 0.3 is 5.97 Å². The number of thioether (sulfide) groups is 1. The van der Waals surface area contributed by atoms with Crippen molar-refractivity contribution in [2.24, 2.45) is 5.92 Å². The molecule has 0 bridgehead atoms. The van der Waals surface area contributed by atoms with Crippen LogP contribution in [-0.2, 0) is 4.79 Å². The standard InChI is InChI=1S/C12H22O2S/c1-9-5-7-12(8-6-9,10(13)14)15-11(2,3)4/h9H,5-8H2,1-4H3,(H,13,14). The van der Waals surface area contributed by atoms with E-state index >= 15 is 0 Å². The van der Waals surface area contributed by atoms with Gasteiger partial charge in [-0.3, -0.25) is 4.79 Å². The van der Waals surface area contributed by atoms with Crippen LogP contribution in [0, 0.1) is 5.92 Å². The molecule has 0 unspecified atom stereocenters. The second-order valence-electron chi connectivity index (χ2n) is 5.70. The molecular weight excluding hydrogens is 208 g/mol. The quantitative estimate of drug-likeness (QED) is 0.788. The molecule has 0 aromatic carbocycles. The highest BCUT2D eigenvalue weighted by Gasteiger charge is 2.44. The minimum Gasteiger partial charge on any atom is -0.480 e. The normalized spacial score (nSPS) is 32.7. The Morgan fingerprint density at radius 3 is 2.13 bits per heavy atom.